The van der Waals surface area contributed by atoms with E-state index in [1.54, 1.807) is 20.1 Å². The molecule has 0 saturated carbocycles. The number of hydrogen-bond donors (Lipinski definition) is 2. The van der Waals surface area contributed by atoms with Gasteiger partial charge in [0, 0.05) is 23.2 Å². The molecule has 0 aliphatic carbocycles. The highest BCUT2D eigenvalue weighted by atomic mass is 32.1. The molecule has 2 aromatic carbocycles. The number of aryl methyl sites for hydroxylation is 3. The van der Waals surface area contributed by atoms with Crippen LogP contribution in [0.4, 0.5) is 0 Å². The van der Waals surface area contributed by atoms with Crippen molar-refractivity contribution in [2.75, 3.05) is 7.11 Å². The zero-order valence-corrected chi connectivity index (χ0v) is 20.8. The van der Waals surface area contributed by atoms with E-state index in [1.165, 1.54) is 16.9 Å². The molecule has 0 unspecified atom stereocenters. The second-order valence-corrected chi connectivity index (χ2v) is 9.75. The Bertz CT molecular complexity index is 1370. The van der Waals surface area contributed by atoms with Gasteiger partial charge in [0.15, 0.2) is 0 Å². The fourth-order valence-corrected chi connectivity index (χ4v) is 5.34. The number of carbonyl (C=O) groups is 2. The number of amides is 1. The molecular weight excluding hydrogens is 470 g/mol. The zero-order valence-electron chi connectivity index (χ0n) is 19.1. The molecule has 2 heterocycles. The first kappa shape index (κ1) is 23.6. The van der Waals surface area contributed by atoms with Gasteiger partial charge in [0.2, 0.25) is 0 Å². The van der Waals surface area contributed by atoms with Gasteiger partial charge in [-0.2, -0.15) is 0 Å². The number of carboxylic acid groups (broad SMARTS) is 1. The summed E-state index contributed by atoms with van der Waals surface area (Å²) in [6.07, 6.45) is 0. The van der Waals surface area contributed by atoms with Crippen molar-refractivity contribution in [2.45, 2.75) is 27.3 Å². The predicted molar refractivity (Wildman–Crippen MR) is 134 cm³/mol. The van der Waals surface area contributed by atoms with Crippen molar-refractivity contribution in [1.29, 1.82) is 0 Å². The van der Waals surface area contributed by atoms with E-state index in [0.717, 1.165) is 33.0 Å². The first-order valence-corrected chi connectivity index (χ1v) is 12.1. The minimum Gasteiger partial charge on any atom is -0.496 e. The van der Waals surface area contributed by atoms with Crippen LogP contribution in [0.2, 0.25) is 0 Å². The Hall–Kier alpha value is -3.56. The highest BCUT2D eigenvalue weighted by Crippen LogP contribution is 2.32. The lowest BCUT2D eigenvalue weighted by Crippen LogP contribution is -2.22. The summed E-state index contributed by atoms with van der Waals surface area (Å²) in [6, 6.07) is 13.5. The van der Waals surface area contributed by atoms with Gasteiger partial charge in [0.25, 0.3) is 5.91 Å². The van der Waals surface area contributed by atoms with E-state index >= 15 is 0 Å². The molecule has 0 fully saturated rings. The average molecular weight is 494 g/mol. The molecule has 0 bridgehead atoms. The molecule has 0 saturated heterocycles. The van der Waals surface area contributed by atoms with Gasteiger partial charge >= 0.3 is 5.97 Å². The van der Waals surface area contributed by atoms with Crippen LogP contribution in [0.3, 0.4) is 0 Å². The summed E-state index contributed by atoms with van der Waals surface area (Å²) in [6.45, 7) is 5.77. The molecule has 7 nitrogen and oxygen atoms in total. The van der Waals surface area contributed by atoms with E-state index in [0.29, 0.717) is 27.0 Å². The lowest BCUT2D eigenvalue weighted by Gasteiger charge is -2.11. The average Bonchev–Trinajstić information content (AvgIpc) is 3.40. The van der Waals surface area contributed by atoms with E-state index in [4.69, 9.17) is 4.74 Å². The smallest absolute Gasteiger partial charge is 0.347 e. The molecule has 1 amide bonds. The summed E-state index contributed by atoms with van der Waals surface area (Å²) in [5.41, 5.74) is 4.83. The van der Waals surface area contributed by atoms with E-state index in [9.17, 15) is 14.7 Å². The van der Waals surface area contributed by atoms with Gasteiger partial charge in [0.05, 0.1) is 18.5 Å². The van der Waals surface area contributed by atoms with Crippen LogP contribution in [-0.4, -0.2) is 34.1 Å². The topological polar surface area (TPSA) is 101 Å². The molecule has 34 heavy (non-hydrogen) atoms. The van der Waals surface area contributed by atoms with Crippen molar-refractivity contribution in [3.63, 3.8) is 0 Å². The van der Waals surface area contributed by atoms with Crippen LogP contribution in [0.15, 0.2) is 42.5 Å². The Morgan fingerprint density at radius 1 is 0.912 bits per heavy atom. The standard InChI is InChI=1S/C25H23N3O4S2/c1-13-5-7-16(8-6-13)23-27-14(2)20(33-23)22(29)26-12-18-11-17(9-10-19(18)32-4)24-28-15(3)21(34-24)25(30)31/h5-11H,12H2,1-4H3,(H,26,29)(H,30,31). The second kappa shape index (κ2) is 9.74. The molecule has 9 heteroatoms. The van der Waals surface area contributed by atoms with Gasteiger partial charge in [-0.15, -0.1) is 22.7 Å². The summed E-state index contributed by atoms with van der Waals surface area (Å²) in [5, 5.41) is 13.7. The number of aromatic carboxylic acids is 1. The quantitative estimate of drug-likeness (QED) is 0.353. The number of thiazole rings is 2. The van der Waals surface area contributed by atoms with Crippen molar-refractivity contribution < 1.29 is 19.4 Å². The van der Waals surface area contributed by atoms with Crippen LogP contribution in [0.5, 0.6) is 5.75 Å². The van der Waals surface area contributed by atoms with Gasteiger partial charge in [-0.1, -0.05) is 29.8 Å². The number of aromatic nitrogens is 2. The number of carboxylic acids is 1. The number of nitrogens with one attached hydrogen (secondary N) is 1. The Kier molecular flexibility index (Phi) is 6.76. The maximum atomic E-state index is 13.0. The molecule has 0 aliphatic rings. The van der Waals surface area contributed by atoms with Gasteiger partial charge in [-0.25, -0.2) is 14.8 Å². The maximum Gasteiger partial charge on any atom is 0.347 e. The molecule has 0 radical (unpaired) electrons. The minimum absolute atomic E-state index is 0.209. The first-order chi connectivity index (χ1) is 16.3. The lowest BCUT2D eigenvalue weighted by molar-refractivity contribution is 0.0701. The monoisotopic (exact) mass is 493 g/mol. The van der Waals surface area contributed by atoms with E-state index < -0.39 is 5.97 Å². The minimum atomic E-state index is -0.993. The van der Waals surface area contributed by atoms with Crippen molar-refractivity contribution in [3.05, 3.63) is 74.7 Å². The summed E-state index contributed by atoms with van der Waals surface area (Å²) in [7, 11) is 1.57. The van der Waals surface area contributed by atoms with Crippen LogP contribution >= 0.6 is 22.7 Å². The number of ether oxygens (including phenoxy) is 1. The molecule has 4 aromatic rings. The molecule has 0 spiro atoms. The molecule has 0 aliphatic heterocycles. The molecular formula is C25H23N3O4S2. The van der Waals surface area contributed by atoms with E-state index in [2.05, 4.69) is 15.3 Å². The van der Waals surface area contributed by atoms with Crippen LogP contribution in [0.1, 0.15) is 41.9 Å². The normalized spacial score (nSPS) is 10.8. The Morgan fingerprint density at radius 3 is 2.12 bits per heavy atom. The third kappa shape index (κ3) is 4.85. The van der Waals surface area contributed by atoms with Crippen LogP contribution in [-0.2, 0) is 6.54 Å². The summed E-state index contributed by atoms with van der Waals surface area (Å²) >= 11 is 2.48. The largest absolute Gasteiger partial charge is 0.496 e. The number of nitrogens with zero attached hydrogens (tertiary/aromatic N) is 2. The second-order valence-electron chi connectivity index (χ2n) is 7.75. The van der Waals surface area contributed by atoms with Gasteiger partial charge in [-0.05, 0) is 39.0 Å². The third-order valence-corrected chi connectivity index (χ3v) is 7.66. The van der Waals surface area contributed by atoms with Crippen LogP contribution < -0.4 is 10.1 Å². The fraction of sp³-hybridized carbons (Fsp3) is 0.200. The predicted octanol–water partition coefficient (Wildman–Crippen LogP) is 5.50. The number of rotatable bonds is 7. The summed E-state index contributed by atoms with van der Waals surface area (Å²) in [5.74, 6) is -0.580. The molecule has 2 N–H and O–H groups in total. The fourth-order valence-electron chi connectivity index (χ4n) is 3.45. The van der Waals surface area contributed by atoms with Crippen molar-refractivity contribution in [1.82, 2.24) is 15.3 Å². The van der Waals surface area contributed by atoms with Crippen LogP contribution in [0, 0.1) is 20.8 Å². The molecule has 2 aromatic heterocycles. The highest BCUT2D eigenvalue weighted by molar-refractivity contribution is 7.17. The highest BCUT2D eigenvalue weighted by Gasteiger charge is 2.19. The van der Waals surface area contributed by atoms with Crippen molar-refractivity contribution in [3.8, 4) is 26.9 Å². The SMILES string of the molecule is COc1ccc(-c2nc(C)c(C(=O)O)s2)cc1CNC(=O)c1sc(-c2ccc(C)cc2)nc1C. The van der Waals surface area contributed by atoms with Gasteiger partial charge < -0.3 is 15.2 Å². The molecule has 4 rings (SSSR count). The van der Waals surface area contributed by atoms with Crippen LogP contribution in [0.25, 0.3) is 21.1 Å². The molecule has 0 atom stereocenters. The molecule has 174 valence electrons. The Labute approximate surface area is 205 Å². The van der Waals surface area contributed by atoms with Gasteiger partial charge in [0.1, 0.15) is 25.5 Å². The Balaban J connectivity index is 1.54. The van der Waals surface area contributed by atoms with Crippen molar-refractivity contribution in [2.24, 2.45) is 0 Å². The van der Waals surface area contributed by atoms with E-state index in [-0.39, 0.29) is 17.3 Å². The third-order valence-electron chi connectivity index (χ3n) is 5.26. The maximum absolute atomic E-state index is 13.0. The number of methoxy groups -OCH3 is 1. The zero-order chi connectivity index (χ0) is 24.4. The lowest BCUT2D eigenvalue weighted by atomic mass is 10.1. The van der Waals surface area contributed by atoms with E-state index in [1.807, 2.05) is 50.2 Å². The summed E-state index contributed by atoms with van der Waals surface area (Å²) < 4.78 is 5.46. The van der Waals surface area contributed by atoms with Gasteiger partial charge in [-0.3, -0.25) is 4.79 Å². The summed E-state index contributed by atoms with van der Waals surface area (Å²) in [4.78, 5) is 34.1. The number of hydrogen-bond acceptors (Lipinski definition) is 7. The van der Waals surface area contributed by atoms with Crippen molar-refractivity contribution >= 4 is 34.6 Å². The Morgan fingerprint density at radius 2 is 1.50 bits per heavy atom. The number of benzene rings is 2. The number of carbonyl (C=O) groups excluding carboxylic acids is 1. The first-order valence-electron chi connectivity index (χ1n) is 10.5.